The van der Waals surface area contributed by atoms with E-state index < -0.39 is 5.41 Å². The molecule has 5 heteroatoms. The van der Waals surface area contributed by atoms with Gasteiger partial charge in [-0.25, -0.2) is 0 Å². The lowest BCUT2D eigenvalue weighted by molar-refractivity contribution is -0.119. The molecule has 0 radical (unpaired) electrons. The van der Waals surface area contributed by atoms with E-state index in [0.717, 1.165) is 5.56 Å². The van der Waals surface area contributed by atoms with Crippen LogP contribution in [0, 0.1) is 5.41 Å². The lowest BCUT2D eigenvalue weighted by atomic mass is 9.91. The van der Waals surface area contributed by atoms with Gasteiger partial charge in [0.2, 0.25) is 0 Å². The number of carbonyl (C=O) groups is 1. The van der Waals surface area contributed by atoms with E-state index in [1.807, 2.05) is 45.0 Å². The molecule has 0 fully saturated rings. The molecule has 4 nitrogen and oxygen atoms in total. The Kier molecular flexibility index (Phi) is 5.57. The number of hydrogen-bond donors (Lipinski definition) is 1. The number of para-hydroxylation sites is 1. The Morgan fingerprint density at radius 3 is 2.71 bits per heavy atom. The van der Waals surface area contributed by atoms with Gasteiger partial charge in [-0.05, 0) is 12.1 Å². The van der Waals surface area contributed by atoms with Crippen molar-refractivity contribution in [3.8, 4) is 5.75 Å². The molecule has 2 aromatic rings. The largest absolute Gasteiger partial charge is 0.489 e. The Morgan fingerprint density at radius 2 is 2.04 bits per heavy atom. The minimum atomic E-state index is -0.476. The fourth-order valence-corrected chi connectivity index (χ4v) is 2.76. The number of rotatable bonds is 5. The van der Waals surface area contributed by atoms with Gasteiger partial charge in [0.15, 0.2) is 5.78 Å². The van der Waals surface area contributed by atoms with Crippen LogP contribution in [0.15, 0.2) is 41.7 Å². The smallest absolute Gasteiger partial charge is 0.266 e. The third-order valence-electron chi connectivity index (χ3n) is 3.24. The number of ketones is 1. The second-order valence-corrected chi connectivity index (χ2v) is 7.41. The van der Waals surface area contributed by atoms with Crippen LogP contribution in [0.5, 0.6) is 5.75 Å². The van der Waals surface area contributed by atoms with Gasteiger partial charge in [0, 0.05) is 17.1 Å². The highest BCUT2D eigenvalue weighted by Crippen LogP contribution is 2.18. The third-order valence-corrected chi connectivity index (χ3v) is 4.21. The van der Waals surface area contributed by atoms with Gasteiger partial charge >= 0.3 is 0 Å². The summed E-state index contributed by atoms with van der Waals surface area (Å²) in [6.07, 6.45) is 4.92. The van der Waals surface area contributed by atoms with Crippen molar-refractivity contribution in [3.05, 3.63) is 62.0 Å². The van der Waals surface area contributed by atoms with Crippen LogP contribution in [0.4, 0.5) is 0 Å². The van der Waals surface area contributed by atoms with Crippen molar-refractivity contribution in [1.29, 1.82) is 0 Å². The maximum Gasteiger partial charge on any atom is 0.266 e. The Balaban J connectivity index is 2.46. The van der Waals surface area contributed by atoms with Crippen molar-refractivity contribution in [1.82, 2.24) is 4.98 Å². The molecule has 0 aliphatic heterocycles. The van der Waals surface area contributed by atoms with Crippen LogP contribution >= 0.6 is 11.3 Å². The predicted molar refractivity (Wildman–Crippen MR) is 98.8 cm³/mol. The van der Waals surface area contributed by atoms with E-state index in [0.29, 0.717) is 21.6 Å². The molecule has 2 rings (SSSR count). The number of aromatic amines is 1. The van der Waals surface area contributed by atoms with E-state index in [9.17, 15) is 9.59 Å². The van der Waals surface area contributed by atoms with Crippen LogP contribution in [0.3, 0.4) is 0 Å². The first-order valence-corrected chi connectivity index (χ1v) is 8.42. The molecule has 0 unspecified atom stereocenters. The van der Waals surface area contributed by atoms with Crippen LogP contribution in [0.2, 0.25) is 0 Å². The standard InChI is InChI=1S/C19H21NO3S/c1-5-10-23-14-9-7-6-8-13(14)11-15-18(22)20-17(24-15)12-16(21)19(2,3)4/h5-9,11-12H,1,10H2,2-4H3,(H,20,22)/b15-11-,17-12-. The second-order valence-electron chi connectivity index (χ2n) is 6.33. The van der Waals surface area contributed by atoms with Crippen LogP contribution in [0.1, 0.15) is 26.3 Å². The van der Waals surface area contributed by atoms with Gasteiger partial charge in [-0.1, -0.05) is 51.6 Å². The zero-order valence-corrected chi connectivity index (χ0v) is 14.9. The summed E-state index contributed by atoms with van der Waals surface area (Å²) in [6.45, 7) is 9.56. The Morgan fingerprint density at radius 1 is 1.33 bits per heavy atom. The molecule has 0 aliphatic rings. The molecule has 1 aromatic heterocycles. The molecule has 0 aliphatic carbocycles. The minimum Gasteiger partial charge on any atom is -0.489 e. The zero-order valence-electron chi connectivity index (χ0n) is 14.1. The number of hydrogen-bond acceptors (Lipinski definition) is 4. The highest BCUT2D eigenvalue weighted by molar-refractivity contribution is 7.07. The fraction of sp³-hybridized carbons (Fsp3) is 0.263. The van der Waals surface area contributed by atoms with Crippen LogP contribution in [-0.4, -0.2) is 17.4 Å². The molecule has 0 saturated carbocycles. The van der Waals surface area contributed by atoms with Crippen LogP contribution < -0.4 is 19.5 Å². The van der Waals surface area contributed by atoms with Crippen molar-refractivity contribution < 1.29 is 9.53 Å². The van der Waals surface area contributed by atoms with Gasteiger partial charge in [-0.15, -0.1) is 11.3 Å². The summed E-state index contributed by atoms with van der Waals surface area (Å²) in [5, 5.41) is 0. The second kappa shape index (κ2) is 7.45. The van der Waals surface area contributed by atoms with Crippen molar-refractivity contribution in [2.45, 2.75) is 20.8 Å². The predicted octanol–water partition coefficient (Wildman–Crippen LogP) is 2.23. The average Bonchev–Trinajstić information content (AvgIpc) is 2.85. The topological polar surface area (TPSA) is 59.2 Å². The van der Waals surface area contributed by atoms with Gasteiger partial charge in [0.1, 0.15) is 12.4 Å². The zero-order chi connectivity index (χ0) is 17.7. The van der Waals surface area contributed by atoms with Crippen LogP contribution in [0.25, 0.3) is 12.2 Å². The molecule has 1 aromatic carbocycles. The minimum absolute atomic E-state index is 0.0266. The average molecular weight is 343 g/mol. The quantitative estimate of drug-likeness (QED) is 0.847. The summed E-state index contributed by atoms with van der Waals surface area (Å²) < 4.78 is 6.67. The Bertz CT molecular complexity index is 913. The monoisotopic (exact) mass is 343 g/mol. The SMILES string of the molecule is C=CCOc1ccccc1/C=c1\s/c(=C\C(=O)C(C)(C)C)[nH]c1=O. The van der Waals surface area contributed by atoms with E-state index in [4.69, 9.17) is 4.74 Å². The van der Waals surface area contributed by atoms with E-state index in [2.05, 4.69) is 11.6 Å². The van der Waals surface area contributed by atoms with Gasteiger partial charge in [-0.3, -0.25) is 9.59 Å². The summed E-state index contributed by atoms with van der Waals surface area (Å²) in [5.74, 6) is 0.655. The summed E-state index contributed by atoms with van der Waals surface area (Å²) in [6, 6.07) is 7.47. The van der Waals surface area contributed by atoms with Gasteiger partial charge in [0.25, 0.3) is 5.56 Å². The van der Waals surface area contributed by atoms with Crippen molar-refractivity contribution >= 4 is 29.3 Å². The molecule has 0 amide bonds. The number of carbonyl (C=O) groups excluding carboxylic acids is 1. The van der Waals surface area contributed by atoms with Crippen molar-refractivity contribution in [3.63, 3.8) is 0 Å². The number of ether oxygens (including phenoxy) is 1. The Hall–Kier alpha value is -2.40. The lowest BCUT2D eigenvalue weighted by Gasteiger charge is -2.12. The molecule has 0 saturated heterocycles. The summed E-state index contributed by atoms with van der Waals surface area (Å²) in [7, 11) is 0. The molecule has 0 atom stereocenters. The molecule has 1 N–H and O–H groups in total. The number of aromatic nitrogens is 1. The van der Waals surface area contributed by atoms with E-state index in [-0.39, 0.29) is 11.3 Å². The van der Waals surface area contributed by atoms with Crippen molar-refractivity contribution in [2.75, 3.05) is 6.61 Å². The number of thiazole rings is 1. The highest BCUT2D eigenvalue weighted by atomic mass is 32.1. The first kappa shape index (κ1) is 17.9. The molecule has 0 spiro atoms. The Labute approximate surface area is 144 Å². The summed E-state index contributed by atoms with van der Waals surface area (Å²) >= 11 is 1.26. The number of nitrogens with one attached hydrogen (secondary N) is 1. The molecular weight excluding hydrogens is 322 g/mol. The lowest BCUT2D eigenvalue weighted by Crippen LogP contribution is -2.22. The van der Waals surface area contributed by atoms with Crippen LogP contribution in [-0.2, 0) is 4.79 Å². The van der Waals surface area contributed by atoms with Gasteiger partial charge in [-0.2, -0.15) is 0 Å². The molecule has 0 bridgehead atoms. The molecule has 1 heterocycles. The van der Waals surface area contributed by atoms with Gasteiger partial charge in [0.05, 0.1) is 9.20 Å². The normalized spacial score (nSPS) is 13.1. The number of Topliss-reactive ketones (excluding diaryl/α,β-unsaturated/α-hetero) is 1. The van der Waals surface area contributed by atoms with Crippen molar-refractivity contribution in [2.24, 2.45) is 5.41 Å². The first-order valence-electron chi connectivity index (χ1n) is 7.61. The van der Waals surface area contributed by atoms with Gasteiger partial charge < -0.3 is 9.72 Å². The van der Waals surface area contributed by atoms with E-state index in [1.54, 1.807) is 12.2 Å². The number of H-pyrrole nitrogens is 1. The third kappa shape index (κ3) is 4.55. The fourth-order valence-electron chi connectivity index (χ4n) is 1.88. The highest BCUT2D eigenvalue weighted by Gasteiger charge is 2.18. The van der Waals surface area contributed by atoms with E-state index in [1.165, 1.54) is 17.4 Å². The maximum absolute atomic E-state index is 12.1. The summed E-state index contributed by atoms with van der Waals surface area (Å²) in [4.78, 5) is 26.9. The molecule has 126 valence electrons. The molecule has 24 heavy (non-hydrogen) atoms. The maximum atomic E-state index is 12.1. The summed E-state index contributed by atoms with van der Waals surface area (Å²) in [5.41, 5.74) is 0.113. The first-order chi connectivity index (χ1) is 11.3. The molecular formula is C19H21NO3S. The van der Waals surface area contributed by atoms with E-state index >= 15 is 0 Å². The number of benzene rings is 1.